The van der Waals surface area contributed by atoms with Gasteiger partial charge in [-0.05, 0) is 278 Å². The monoisotopic (exact) mass is 2050 g/mol. The summed E-state index contributed by atoms with van der Waals surface area (Å²) in [4.78, 5) is 59.9. The molecule has 1 unspecified atom stereocenters. The van der Waals surface area contributed by atoms with Crippen LogP contribution in [0.2, 0.25) is 10.0 Å². The fraction of sp³-hybridized carbons (Fsp3) is 0.255. The average molecular weight is 2050 g/mol. The number of ether oxygens (including phenoxy) is 1. The molecule has 0 saturated carbocycles. The van der Waals surface area contributed by atoms with E-state index in [2.05, 4.69) is 234 Å². The third-order valence-corrected chi connectivity index (χ3v) is 24.6. The quantitative estimate of drug-likeness (QED) is 0.0472. The lowest BCUT2D eigenvalue weighted by Crippen LogP contribution is -2.28. The molecule has 1 atom stereocenters. The van der Waals surface area contributed by atoms with Crippen molar-refractivity contribution in [1.29, 1.82) is 0 Å². The average Bonchev–Trinajstić information content (AvgIpc) is 1.64. The molecule has 2 aliphatic rings. The van der Waals surface area contributed by atoms with E-state index in [1.54, 1.807) is 59.9 Å². The number of nitrogens with zero attached hydrogens (tertiary/aromatic N) is 28. The maximum absolute atomic E-state index is 13.5. The minimum atomic E-state index is -3.11. The summed E-state index contributed by atoms with van der Waals surface area (Å²) < 4.78 is 58.1. The second-order valence-corrected chi connectivity index (χ2v) is 37.3. The third-order valence-electron chi connectivity index (χ3n) is 23.2. The molecule has 0 saturated heterocycles. The third kappa shape index (κ3) is 25.4. The van der Waals surface area contributed by atoms with Crippen molar-refractivity contribution in [2.75, 3.05) is 44.3 Å². The van der Waals surface area contributed by atoms with Crippen molar-refractivity contribution in [3.63, 3.8) is 0 Å². The maximum Gasteiger partial charge on any atom is 0.337 e. The van der Waals surface area contributed by atoms with Crippen LogP contribution in [0.5, 0.6) is 6.01 Å². The van der Waals surface area contributed by atoms with E-state index < -0.39 is 17.6 Å². The van der Waals surface area contributed by atoms with Crippen LogP contribution in [0.4, 0.5) is 88.0 Å². The van der Waals surface area contributed by atoms with E-state index in [0.717, 1.165) is 135 Å². The van der Waals surface area contributed by atoms with Gasteiger partial charge in [0.25, 0.3) is 40.4 Å². The van der Waals surface area contributed by atoms with E-state index in [1.807, 2.05) is 178 Å². The van der Waals surface area contributed by atoms with Crippen molar-refractivity contribution in [2.45, 2.75) is 176 Å². The van der Waals surface area contributed by atoms with Gasteiger partial charge in [-0.2, -0.15) is 75.3 Å². The Hall–Kier alpha value is -16.9. The number of rotatable bonds is 16. The number of halogens is 5. The maximum atomic E-state index is 13.5. The van der Waals surface area contributed by atoms with Crippen LogP contribution in [0.25, 0.3) is 50.5 Å². The van der Waals surface area contributed by atoms with Gasteiger partial charge in [0.05, 0.1) is 12.1 Å². The normalized spacial score (nSPS) is 12.4. The molecule has 2 aliphatic carbocycles. The Morgan fingerprint density at radius 3 is 1.12 bits per heavy atom. The van der Waals surface area contributed by atoms with Crippen LogP contribution in [0.15, 0.2) is 206 Å². The number of anilines is 13. The first-order chi connectivity index (χ1) is 70.2. The Bertz CT molecular complexity index is 8500. The van der Waals surface area contributed by atoms with Crippen molar-refractivity contribution in [3.05, 3.63) is 330 Å². The minimum absolute atomic E-state index is 0. The van der Waals surface area contributed by atoms with Gasteiger partial charge in [0.2, 0.25) is 5.82 Å². The van der Waals surface area contributed by atoms with Gasteiger partial charge in [-0.15, -0.1) is 47.0 Å². The molecule has 0 aliphatic heterocycles. The topological polar surface area (TPSA) is 395 Å². The second-order valence-electron chi connectivity index (χ2n) is 35.5. The van der Waals surface area contributed by atoms with E-state index in [1.165, 1.54) is 87.3 Å². The molecule has 0 fully saturated rings. The number of methoxy groups -OCH3 is 1. The highest BCUT2D eigenvalue weighted by molar-refractivity contribution is 7.17. The summed E-state index contributed by atoms with van der Waals surface area (Å²) in [5, 5.41) is 57.4. The zero-order valence-electron chi connectivity index (χ0n) is 82.9. The molecule has 15 aromatic heterocycles. The molecule has 0 bridgehead atoms. The summed E-state index contributed by atoms with van der Waals surface area (Å²) in [5.74, 6) is 8.60. The Labute approximate surface area is 865 Å². The molecule has 7 aromatic carbocycles. The number of benzene rings is 7. The molecule has 15 heterocycles. The Kier molecular flexibility index (Phi) is 31.7. The van der Waals surface area contributed by atoms with Crippen molar-refractivity contribution < 1.29 is 17.9 Å². The second kappa shape index (κ2) is 45.2. The van der Waals surface area contributed by atoms with Gasteiger partial charge in [-0.3, -0.25) is 0 Å². The first-order valence-corrected chi connectivity index (χ1v) is 48.7. The van der Waals surface area contributed by atoms with Crippen LogP contribution in [0.3, 0.4) is 0 Å². The molecule has 36 nitrogen and oxygen atoms in total. The summed E-state index contributed by atoms with van der Waals surface area (Å²) in [6.45, 7) is 27.5. The smallest absolute Gasteiger partial charge is 0.337 e. The molecule has 24 rings (SSSR count). The number of nitrogens with one attached hydrogen (secondary N) is 7. The predicted molar refractivity (Wildman–Crippen MR) is 578 cm³/mol. The number of hydrogen-bond donors (Lipinski definition) is 7. The van der Waals surface area contributed by atoms with Gasteiger partial charge in [-0.25, -0.2) is 39.3 Å². The fourth-order valence-corrected chi connectivity index (χ4v) is 17.5. The van der Waals surface area contributed by atoms with Gasteiger partial charge in [0, 0.05) is 139 Å². The van der Waals surface area contributed by atoms with Crippen LogP contribution in [-0.4, -0.2) is 150 Å². The molecular weight excluding hydrogens is 1940 g/mol. The fourth-order valence-electron chi connectivity index (χ4n) is 16.5. The highest BCUT2D eigenvalue weighted by Gasteiger charge is 2.31. The van der Waals surface area contributed by atoms with Crippen LogP contribution >= 0.6 is 34.5 Å². The van der Waals surface area contributed by atoms with E-state index in [4.69, 9.17) is 27.9 Å². The van der Waals surface area contributed by atoms with Gasteiger partial charge < -0.3 is 42.0 Å². The van der Waals surface area contributed by atoms with E-state index >= 15 is 0 Å². The summed E-state index contributed by atoms with van der Waals surface area (Å²) >= 11 is 13.3. The number of thiophene rings is 1. The molecular formula is C106H112Cl2F3N35OS. The SMILES string of the molecule is C.C.COc1nc2nc(C)cc(Nc3ccc(C)cc3)n2n1.Cc1cc(NC2CCc3ccccc3C2)n2nc(C)nc2n1.Cc1cc(Nc2ccc(Cl)c(F)c2)n2nc(C)nc2n1.Cc1cc(Nc2ccc(Cl)cc2)n2nc(C)nc2n1.Cc1cc(Nc2ccc3c(c2)CCCC3)n2nc(C)nc2n1.Cc1cc(Nc2ccc3sccc3c2)n2nc(C)nc2n1.Cc1ccc(Nc2cc(C)nc3nc(C(C)(F)F)nn23)cc1. The number of fused-ring (bicyclic) bond motifs is 10. The van der Waals surface area contributed by atoms with Crippen molar-refractivity contribution in [1.82, 2.24) is 137 Å². The lowest BCUT2D eigenvalue weighted by molar-refractivity contribution is 0.00799. The van der Waals surface area contributed by atoms with Gasteiger partial charge in [0.15, 0.2) is 0 Å². The lowest BCUT2D eigenvalue weighted by Gasteiger charge is -2.26. The largest absolute Gasteiger partial charge is 0.466 e. The number of alkyl halides is 2. The Balaban J connectivity index is 0.000000123. The molecule has 758 valence electrons. The zero-order valence-corrected chi connectivity index (χ0v) is 85.2. The highest BCUT2D eigenvalue weighted by Crippen LogP contribution is 2.34. The van der Waals surface area contributed by atoms with Gasteiger partial charge >= 0.3 is 11.9 Å². The minimum Gasteiger partial charge on any atom is -0.466 e. The predicted octanol–water partition coefficient (Wildman–Crippen LogP) is 23.6. The van der Waals surface area contributed by atoms with Crippen LogP contribution in [-0.2, 0) is 31.6 Å². The zero-order chi connectivity index (χ0) is 102. The van der Waals surface area contributed by atoms with Crippen LogP contribution in [0.1, 0.15) is 149 Å². The Morgan fingerprint density at radius 2 is 0.689 bits per heavy atom. The molecule has 0 radical (unpaired) electrons. The van der Waals surface area contributed by atoms with E-state index in [9.17, 15) is 13.2 Å². The van der Waals surface area contributed by atoms with E-state index in [0.29, 0.717) is 92.2 Å². The molecule has 22 aromatic rings. The summed E-state index contributed by atoms with van der Waals surface area (Å²) in [6.07, 6.45) is 8.28. The number of hydrogen-bond acceptors (Lipinski definition) is 30. The first kappa shape index (κ1) is 104. The van der Waals surface area contributed by atoms with Gasteiger partial charge in [0.1, 0.15) is 75.7 Å². The molecule has 7 N–H and O–H groups in total. The van der Waals surface area contributed by atoms with Crippen LogP contribution < -0.4 is 42.0 Å². The molecule has 0 spiro atoms. The van der Waals surface area contributed by atoms with Crippen molar-refractivity contribution in [2.24, 2.45) is 0 Å². The molecule has 42 heteroatoms. The molecule has 0 amide bonds. The lowest BCUT2D eigenvalue weighted by atomic mass is 9.88. The number of aromatic nitrogens is 28. The summed E-state index contributed by atoms with van der Waals surface area (Å²) in [6, 6.07) is 65.8. The van der Waals surface area contributed by atoms with Crippen molar-refractivity contribution >= 4 is 160 Å². The van der Waals surface area contributed by atoms with Crippen LogP contribution in [0, 0.1) is 103 Å². The number of aryl methyl sites for hydroxylation is 17. The Morgan fingerprint density at radius 1 is 0.345 bits per heavy atom. The van der Waals surface area contributed by atoms with Crippen molar-refractivity contribution in [3.8, 4) is 6.01 Å². The first-order valence-electron chi connectivity index (χ1n) is 47.0. The van der Waals surface area contributed by atoms with E-state index in [-0.39, 0.29) is 25.7 Å². The van der Waals surface area contributed by atoms with Gasteiger partial charge in [-0.1, -0.05) is 104 Å². The summed E-state index contributed by atoms with van der Waals surface area (Å²) in [7, 11) is 1.54. The highest BCUT2D eigenvalue weighted by atomic mass is 35.5. The molecule has 148 heavy (non-hydrogen) atoms. The standard InChI is InChI=1S/2C17H19N5.C15H15F2N5.C15H13N5S.C14H15N5O.C13H11ClFN5.C13H12ClN5.2CH4/c2*1-11-9-16(22-17(18-11)19-12(2)21-22)20-15-8-7-13-5-3-4-6-14(13)10-15;1-9-4-6-11(7-5-9)19-12-8-10(2)18-14-20-13(15(3,16)17)21-22(12)14;1-9-7-14(20-15(16-9)17-10(2)19-20)18-12-3-4-13-11(8-12)5-6-21-13;1-9-4-6-11(7-5-9)16-12-8-10(2)15-13-17-14(20-3)18-19(12)13;1-7-5-12(20-13(16-7)17-8(2)19-20)18-9-3-4-10(14)11(15)6-9;1-8-7-12(17-11-5-3-10(14)4-6-11)19-13(15-8)16-9(2)18-19;;/h7-10,20H,3-6H2,1-2H3;3-6,9,15,20H,7-8,10H2,1-2H3;4-8,19H,1-3H3;3-8,18H,1-2H3;4-8,16H,1-3H3;3-6,18H,1-2H3;3-7,17H,1-2H3;2*1H4. The summed E-state index contributed by atoms with van der Waals surface area (Å²) in [5.41, 5.74) is 19.7.